The van der Waals surface area contributed by atoms with E-state index in [4.69, 9.17) is 4.74 Å². The number of carbonyl (C=O) groups is 1. The third kappa shape index (κ3) is 2.82. The van der Waals surface area contributed by atoms with Crippen LogP contribution in [0.4, 0.5) is 0 Å². The molecule has 0 bridgehead atoms. The lowest BCUT2D eigenvalue weighted by Crippen LogP contribution is -2.09. The van der Waals surface area contributed by atoms with E-state index in [0.717, 1.165) is 6.42 Å². The molecule has 0 heterocycles. The maximum Gasteiger partial charge on any atom is 0.338 e. The second-order valence-electron chi connectivity index (χ2n) is 4.56. The summed E-state index contributed by atoms with van der Waals surface area (Å²) in [7, 11) is 0. The van der Waals surface area contributed by atoms with Crippen LogP contribution in [-0.2, 0) is 4.74 Å². The highest BCUT2D eigenvalue weighted by Crippen LogP contribution is 2.47. The van der Waals surface area contributed by atoms with Gasteiger partial charge in [-0.1, -0.05) is 25.1 Å². The maximum atomic E-state index is 11.5. The third-order valence-corrected chi connectivity index (χ3v) is 3.05. The van der Waals surface area contributed by atoms with Crippen LogP contribution in [-0.4, -0.2) is 12.6 Å². The largest absolute Gasteiger partial charge is 0.462 e. The number of carbonyl (C=O) groups excluding carboxylic acids is 1. The van der Waals surface area contributed by atoms with E-state index in [-0.39, 0.29) is 5.97 Å². The highest BCUT2D eigenvalue weighted by atomic mass is 16.5. The molecule has 0 aromatic heterocycles. The van der Waals surface area contributed by atoms with Crippen molar-refractivity contribution in [2.75, 3.05) is 6.61 Å². The SMILES string of the molecule is CC1(CCOC(=O)c2ccccc2)CC1. The van der Waals surface area contributed by atoms with Gasteiger partial charge in [0, 0.05) is 0 Å². The average Bonchev–Trinajstić information content (AvgIpc) is 2.98. The average molecular weight is 204 g/mol. The Balaban J connectivity index is 1.78. The lowest BCUT2D eigenvalue weighted by Gasteiger charge is -2.08. The normalized spacial score (nSPS) is 17.1. The summed E-state index contributed by atoms with van der Waals surface area (Å²) in [6.07, 6.45) is 3.54. The van der Waals surface area contributed by atoms with Crippen LogP contribution in [0.1, 0.15) is 36.5 Å². The monoisotopic (exact) mass is 204 g/mol. The predicted octanol–water partition coefficient (Wildman–Crippen LogP) is 3.03. The van der Waals surface area contributed by atoms with E-state index in [9.17, 15) is 4.79 Å². The molecule has 0 amide bonds. The molecule has 1 aromatic carbocycles. The molecule has 1 fully saturated rings. The minimum absolute atomic E-state index is 0.208. The third-order valence-electron chi connectivity index (χ3n) is 3.05. The van der Waals surface area contributed by atoms with Gasteiger partial charge in [0.15, 0.2) is 0 Å². The number of esters is 1. The summed E-state index contributed by atoms with van der Waals surface area (Å²) >= 11 is 0. The van der Waals surface area contributed by atoms with Gasteiger partial charge in [0.2, 0.25) is 0 Å². The Morgan fingerprint density at radius 2 is 2.00 bits per heavy atom. The molecular formula is C13H16O2. The summed E-state index contributed by atoms with van der Waals surface area (Å²) in [5.41, 5.74) is 1.09. The van der Waals surface area contributed by atoms with Gasteiger partial charge < -0.3 is 4.74 Å². The first-order valence-electron chi connectivity index (χ1n) is 5.42. The van der Waals surface area contributed by atoms with Gasteiger partial charge in [-0.25, -0.2) is 4.79 Å². The second kappa shape index (κ2) is 4.05. The fraction of sp³-hybridized carbons (Fsp3) is 0.462. The quantitative estimate of drug-likeness (QED) is 0.705. The van der Waals surface area contributed by atoms with Gasteiger partial charge in [0.25, 0.3) is 0 Å². The highest BCUT2D eigenvalue weighted by molar-refractivity contribution is 5.89. The van der Waals surface area contributed by atoms with E-state index in [2.05, 4.69) is 6.92 Å². The fourth-order valence-corrected chi connectivity index (χ4v) is 1.51. The van der Waals surface area contributed by atoms with E-state index < -0.39 is 0 Å². The van der Waals surface area contributed by atoms with Crippen molar-refractivity contribution in [2.24, 2.45) is 5.41 Å². The molecule has 0 saturated heterocycles. The van der Waals surface area contributed by atoms with Crippen LogP contribution in [0.5, 0.6) is 0 Å². The minimum atomic E-state index is -0.208. The zero-order chi connectivity index (χ0) is 10.7. The number of benzene rings is 1. The number of rotatable bonds is 4. The molecule has 1 aliphatic rings. The van der Waals surface area contributed by atoms with Crippen molar-refractivity contribution in [1.29, 1.82) is 0 Å². The molecule has 1 aliphatic carbocycles. The standard InChI is InChI=1S/C13H16O2/c1-13(7-8-13)9-10-15-12(14)11-5-3-2-4-6-11/h2-6H,7-10H2,1H3. The zero-order valence-corrected chi connectivity index (χ0v) is 9.03. The lowest BCUT2D eigenvalue weighted by atomic mass is 10.1. The van der Waals surface area contributed by atoms with Gasteiger partial charge in [-0.2, -0.15) is 0 Å². The Kier molecular flexibility index (Phi) is 2.76. The van der Waals surface area contributed by atoms with Crippen molar-refractivity contribution in [2.45, 2.75) is 26.2 Å². The molecule has 2 rings (SSSR count). The van der Waals surface area contributed by atoms with Crippen LogP contribution in [0.15, 0.2) is 30.3 Å². The summed E-state index contributed by atoms with van der Waals surface area (Å²) in [5, 5.41) is 0. The molecule has 15 heavy (non-hydrogen) atoms. The van der Waals surface area contributed by atoms with Crippen LogP contribution >= 0.6 is 0 Å². The van der Waals surface area contributed by atoms with E-state index in [1.165, 1.54) is 12.8 Å². The molecule has 1 saturated carbocycles. The molecule has 0 atom stereocenters. The number of hydrogen-bond donors (Lipinski definition) is 0. The lowest BCUT2D eigenvalue weighted by molar-refractivity contribution is 0.0481. The topological polar surface area (TPSA) is 26.3 Å². The molecule has 2 heteroatoms. The van der Waals surface area contributed by atoms with Crippen molar-refractivity contribution < 1.29 is 9.53 Å². The summed E-state index contributed by atoms with van der Waals surface area (Å²) in [6.45, 7) is 2.79. The molecule has 0 unspecified atom stereocenters. The second-order valence-corrected chi connectivity index (χ2v) is 4.56. The van der Waals surface area contributed by atoms with Crippen molar-refractivity contribution in [1.82, 2.24) is 0 Å². The predicted molar refractivity (Wildman–Crippen MR) is 58.7 cm³/mol. The van der Waals surface area contributed by atoms with E-state index in [1.807, 2.05) is 18.2 Å². The Bertz CT molecular complexity index is 339. The van der Waals surface area contributed by atoms with E-state index in [0.29, 0.717) is 17.6 Å². The van der Waals surface area contributed by atoms with Gasteiger partial charge in [-0.15, -0.1) is 0 Å². The fourth-order valence-electron chi connectivity index (χ4n) is 1.51. The van der Waals surface area contributed by atoms with Gasteiger partial charge in [0.1, 0.15) is 0 Å². The van der Waals surface area contributed by atoms with Gasteiger partial charge in [0.05, 0.1) is 12.2 Å². The molecule has 0 N–H and O–H groups in total. The van der Waals surface area contributed by atoms with Crippen molar-refractivity contribution in [3.05, 3.63) is 35.9 Å². The summed E-state index contributed by atoms with van der Waals surface area (Å²) in [6, 6.07) is 9.14. The molecule has 0 spiro atoms. The Labute approximate surface area is 90.3 Å². The van der Waals surface area contributed by atoms with E-state index in [1.54, 1.807) is 12.1 Å². The van der Waals surface area contributed by atoms with Crippen LogP contribution in [0, 0.1) is 5.41 Å². The van der Waals surface area contributed by atoms with Crippen LogP contribution < -0.4 is 0 Å². The summed E-state index contributed by atoms with van der Waals surface area (Å²) < 4.78 is 5.21. The van der Waals surface area contributed by atoms with Crippen LogP contribution in [0.25, 0.3) is 0 Å². The van der Waals surface area contributed by atoms with Crippen molar-refractivity contribution >= 4 is 5.97 Å². The Hall–Kier alpha value is -1.31. The van der Waals surface area contributed by atoms with Gasteiger partial charge in [-0.05, 0) is 36.8 Å². The van der Waals surface area contributed by atoms with Crippen molar-refractivity contribution in [3.8, 4) is 0 Å². The first kappa shape index (κ1) is 10.2. The van der Waals surface area contributed by atoms with Crippen LogP contribution in [0.2, 0.25) is 0 Å². The Morgan fingerprint density at radius 1 is 1.33 bits per heavy atom. The van der Waals surface area contributed by atoms with Crippen molar-refractivity contribution in [3.63, 3.8) is 0 Å². The highest BCUT2D eigenvalue weighted by Gasteiger charge is 2.36. The van der Waals surface area contributed by atoms with Crippen LogP contribution in [0.3, 0.4) is 0 Å². The first-order valence-corrected chi connectivity index (χ1v) is 5.42. The Morgan fingerprint density at radius 3 is 2.60 bits per heavy atom. The number of hydrogen-bond acceptors (Lipinski definition) is 2. The zero-order valence-electron chi connectivity index (χ0n) is 9.03. The smallest absolute Gasteiger partial charge is 0.338 e. The van der Waals surface area contributed by atoms with E-state index >= 15 is 0 Å². The molecule has 0 aliphatic heterocycles. The maximum absolute atomic E-state index is 11.5. The first-order chi connectivity index (χ1) is 7.20. The minimum Gasteiger partial charge on any atom is -0.462 e. The number of ether oxygens (including phenoxy) is 1. The van der Waals surface area contributed by atoms with Gasteiger partial charge in [-0.3, -0.25) is 0 Å². The molecule has 0 radical (unpaired) electrons. The molecule has 1 aromatic rings. The summed E-state index contributed by atoms with van der Waals surface area (Å²) in [5.74, 6) is -0.208. The molecule has 2 nitrogen and oxygen atoms in total. The van der Waals surface area contributed by atoms with Gasteiger partial charge >= 0.3 is 5.97 Å². The molecular weight excluding hydrogens is 188 g/mol. The summed E-state index contributed by atoms with van der Waals surface area (Å²) in [4.78, 5) is 11.5. The molecule has 80 valence electrons.